The normalized spacial score (nSPS) is 20.6. The van der Waals surface area contributed by atoms with Crippen molar-refractivity contribution in [3.05, 3.63) is 11.7 Å². The fourth-order valence-corrected chi connectivity index (χ4v) is 2.11. The van der Waals surface area contributed by atoms with Crippen molar-refractivity contribution in [3.63, 3.8) is 0 Å². The molecule has 0 radical (unpaired) electrons. The zero-order valence-corrected chi connectivity index (χ0v) is 9.70. The second kappa shape index (κ2) is 5.87. The van der Waals surface area contributed by atoms with E-state index in [1.54, 1.807) is 0 Å². The first-order valence-corrected chi connectivity index (χ1v) is 6.40. The Bertz CT molecular complexity index is 368. The molecular weight excluding hydrogens is 226 g/mol. The van der Waals surface area contributed by atoms with Crippen LogP contribution in [0, 0.1) is 11.3 Å². The van der Waals surface area contributed by atoms with Gasteiger partial charge in [0.25, 0.3) is 0 Å². The third-order valence-electron chi connectivity index (χ3n) is 2.40. The third-order valence-corrected chi connectivity index (χ3v) is 3.19. The zero-order valence-electron chi connectivity index (χ0n) is 8.89. The Balaban J connectivity index is 1.88. The van der Waals surface area contributed by atoms with Crippen molar-refractivity contribution in [2.75, 3.05) is 19.0 Å². The lowest BCUT2D eigenvalue weighted by Crippen LogP contribution is -2.16. The van der Waals surface area contributed by atoms with Crippen LogP contribution in [0.2, 0.25) is 0 Å². The lowest BCUT2D eigenvalue weighted by molar-refractivity contribution is 0.0773. The predicted molar refractivity (Wildman–Crippen MR) is 58.9 cm³/mol. The third kappa shape index (κ3) is 2.97. The summed E-state index contributed by atoms with van der Waals surface area (Å²) in [6.07, 6.45) is 2.11. The summed E-state index contributed by atoms with van der Waals surface area (Å²) in [5.41, 5.74) is 0. The largest absolute Gasteiger partial charge is 0.381 e. The molecule has 1 aliphatic rings. The molecule has 0 amide bonds. The van der Waals surface area contributed by atoms with E-state index >= 15 is 0 Å². The molecule has 1 atom stereocenters. The molecule has 16 heavy (non-hydrogen) atoms. The molecule has 1 saturated heterocycles. The van der Waals surface area contributed by atoms with E-state index < -0.39 is 0 Å². The summed E-state index contributed by atoms with van der Waals surface area (Å²) < 4.78 is 10.5. The van der Waals surface area contributed by atoms with Gasteiger partial charge < -0.3 is 9.26 Å². The van der Waals surface area contributed by atoms with Crippen LogP contribution < -0.4 is 0 Å². The van der Waals surface area contributed by atoms with Crippen LogP contribution >= 0.6 is 11.8 Å². The predicted octanol–water partition coefficient (Wildman–Crippen LogP) is 1.72. The molecule has 0 aliphatic carbocycles. The number of nitrogens with zero attached hydrogens (tertiary/aromatic N) is 3. The van der Waals surface area contributed by atoms with Gasteiger partial charge in [0.05, 0.1) is 24.2 Å². The van der Waals surface area contributed by atoms with E-state index in [4.69, 9.17) is 14.5 Å². The van der Waals surface area contributed by atoms with E-state index in [-0.39, 0.29) is 5.92 Å². The van der Waals surface area contributed by atoms with E-state index in [0.29, 0.717) is 24.0 Å². The van der Waals surface area contributed by atoms with E-state index in [2.05, 4.69) is 16.2 Å². The average molecular weight is 239 g/mol. The molecule has 0 aromatic carbocycles. The molecule has 1 fully saturated rings. The minimum absolute atomic E-state index is 0.271. The summed E-state index contributed by atoms with van der Waals surface area (Å²) in [4.78, 5) is 4.32. The van der Waals surface area contributed by atoms with Gasteiger partial charge in [-0.1, -0.05) is 5.16 Å². The summed E-state index contributed by atoms with van der Waals surface area (Å²) in [5.74, 6) is 2.67. The van der Waals surface area contributed by atoms with Gasteiger partial charge in [-0.25, -0.2) is 0 Å². The van der Waals surface area contributed by atoms with Crippen LogP contribution in [-0.4, -0.2) is 29.1 Å². The van der Waals surface area contributed by atoms with Crippen molar-refractivity contribution in [2.45, 2.75) is 24.5 Å². The molecule has 86 valence electrons. The zero-order chi connectivity index (χ0) is 11.2. The second-order valence-electron chi connectivity index (χ2n) is 3.61. The molecule has 6 heteroatoms. The molecule has 1 aromatic rings. The fraction of sp³-hybridized carbons (Fsp3) is 0.700. The van der Waals surface area contributed by atoms with Gasteiger partial charge in [-0.2, -0.15) is 10.2 Å². The quantitative estimate of drug-likeness (QED) is 0.745. The van der Waals surface area contributed by atoms with Gasteiger partial charge in [0, 0.05) is 12.5 Å². The summed E-state index contributed by atoms with van der Waals surface area (Å²) in [6.45, 7) is 1.52. The summed E-state index contributed by atoms with van der Waals surface area (Å²) >= 11 is 1.48. The number of nitriles is 1. The van der Waals surface area contributed by atoms with Crippen LogP contribution in [0.15, 0.2) is 4.52 Å². The second-order valence-corrected chi connectivity index (χ2v) is 4.60. The van der Waals surface area contributed by atoms with Crippen LogP contribution in [0.5, 0.6) is 0 Å². The molecule has 0 bridgehead atoms. The first kappa shape index (κ1) is 11.4. The van der Waals surface area contributed by atoms with Crippen LogP contribution in [0.25, 0.3) is 0 Å². The maximum atomic E-state index is 8.40. The minimum atomic E-state index is 0.271. The molecule has 1 aliphatic heterocycles. The maximum Gasteiger partial charge on any atom is 0.236 e. The van der Waals surface area contributed by atoms with Crippen LogP contribution in [0.3, 0.4) is 0 Å². The van der Waals surface area contributed by atoms with Crippen molar-refractivity contribution in [1.29, 1.82) is 5.26 Å². The SMILES string of the molecule is N#CCSCc1nc(C2CCCOC2)no1. The van der Waals surface area contributed by atoms with Crippen molar-refractivity contribution in [3.8, 4) is 6.07 Å². The van der Waals surface area contributed by atoms with Gasteiger partial charge in [-0.05, 0) is 12.8 Å². The summed E-state index contributed by atoms with van der Waals surface area (Å²) in [6, 6.07) is 2.06. The monoisotopic (exact) mass is 239 g/mol. The molecule has 1 aromatic heterocycles. The van der Waals surface area contributed by atoms with Gasteiger partial charge in [0.1, 0.15) is 0 Å². The number of rotatable bonds is 4. The first-order valence-electron chi connectivity index (χ1n) is 5.25. The highest BCUT2D eigenvalue weighted by atomic mass is 32.2. The number of aromatic nitrogens is 2. The number of thioether (sulfide) groups is 1. The Hall–Kier alpha value is -1.06. The topological polar surface area (TPSA) is 71.9 Å². The van der Waals surface area contributed by atoms with Crippen LogP contribution in [0.1, 0.15) is 30.5 Å². The average Bonchev–Trinajstić information content (AvgIpc) is 2.79. The number of hydrogen-bond donors (Lipinski definition) is 0. The van der Waals surface area contributed by atoms with Gasteiger partial charge in [-0.3, -0.25) is 0 Å². The van der Waals surface area contributed by atoms with E-state index in [0.717, 1.165) is 25.3 Å². The molecule has 2 heterocycles. The Morgan fingerprint density at radius 3 is 3.25 bits per heavy atom. The van der Waals surface area contributed by atoms with Gasteiger partial charge in [-0.15, -0.1) is 11.8 Å². The van der Waals surface area contributed by atoms with Gasteiger partial charge >= 0.3 is 0 Å². The highest BCUT2D eigenvalue weighted by molar-refractivity contribution is 7.98. The van der Waals surface area contributed by atoms with E-state index in [1.165, 1.54) is 11.8 Å². The molecular formula is C10H13N3O2S. The lowest BCUT2D eigenvalue weighted by Gasteiger charge is -2.18. The number of hydrogen-bond acceptors (Lipinski definition) is 6. The molecule has 5 nitrogen and oxygen atoms in total. The molecule has 0 N–H and O–H groups in total. The Morgan fingerprint density at radius 1 is 1.56 bits per heavy atom. The van der Waals surface area contributed by atoms with Crippen LogP contribution in [-0.2, 0) is 10.5 Å². The number of ether oxygens (including phenoxy) is 1. The highest BCUT2D eigenvalue weighted by Gasteiger charge is 2.21. The minimum Gasteiger partial charge on any atom is -0.381 e. The fourth-order valence-electron chi connectivity index (χ4n) is 1.62. The highest BCUT2D eigenvalue weighted by Crippen LogP contribution is 2.23. The molecule has 0 spiro atoms. The Morgan fingerprint density at radius 2 is 2.50 bits per heavy atom. The van der Waals surface area contributed by atoms with Crippen molar-refractivity contribution in [2.24, 2.45) is 0 Å². The van der Waals surface area contributed by atoms with Crippen molar-refractivity contribution >= 4 is 11.8 Å². The lowest BCUT2D eigenvalue weighted by atomic mass is 10.0. The standard InChI is InChI=1S/C10H13N3O2S/c11-3-5-16-7-9-12-10(13-15-9)8-2-1-4-14-6-8/h8H,1-2,4-7H2. The van der Waals surface area contributed by atoms with Gasteiger partial charge in [0.2, 0.25) is 5.89 Å². The molecule has 2 rings (SSSR count). The Labute approximate surface area is 98.2 Å². The molecule has 1 unspecified atom stereocenters. The van der Waals surface area contributed by atoms with Crippen molar-refractivity contribution in [1.82, 2.24) is 10.1 Å². The summed E-state index contributed by atoms with van der Waals surface area (Å²) in [5, 5.41) is 12.4. The molecule has 0 saturated carbocycles. The van der Waals surface area contributed by atoms with Crippen molar-refractivity contribution < 1.29 is 9.26 Å². The first-order chi connectivity index (χ1) is 7.90. The smallest absolute Gasteiger partial charge is 0.236 e. The maximum absolute atomic E-state index is 8.40. The van der Waals surface area contributed by atoms with E-state index in [9.17, 15) is 0 Å². The Kier molecular flexibility index (Phi) is 4.19. The van der Waals surface area contributed by atoms with E-state index in [1.807, 2.05) is 0 Å². The summed E-state index contributed by atoms with van der Waals surface area (Å²) in [7, 11) is 0. The van der Waals surface area contributed by atoms with Crippen LogP contribution in [0.4, 0.5) is 0 Å². The van der Waals surface area contributed by atoms with Gasteiger partial charge in [0.15, 0.2) is 5.82 Å².